The molecule has 0 aliphatic heterocycles. The van der Waals surface area contributed by atoms with Gasteiger partial charge in [0.1, 0.15) is 0 Å². The van der Waals surface area contributed by atoms with Crippen molar-refractivity contribution < 1.29 is 9.31 Å². The molecule has 1 rings (SSSR count). The van der Waals surface area contributed by atoms with Crippen LogP contribution in [0.25, 0.3) is 0 Å². The maximum absolute atomic E-state index is 12.8. The minimum absolute atomic E-state index is 0.491. The summed E-state index contributed by atoms with van der Waals surface area (Å²) in [5, 5.41) is 10.1. The normalized spacial score (nSPS) is 35.6. The predicted molar refractivity (Wildman–Crippen MR) is 41.8 cm³/mol. The van der Waals surface area contributed by atoms with Crippen LogP contribution in [0.4, 0.5) is 4.39 Å². The minimum atomic E-state index is -1.71. The van der Waals surface area contributed by atoms with Gasteiger partial charge in [0.25, 0.3) is 0 Å². The first kappa shape index (κ1) is 8.39. The molecule has 0 amide bonds. The maximum Gasteiger partial charge on any atom is 0.249 e. The molecule has 0 atom stereocenters. The first-order chi connectivity index (χ1) is 5.01. The van der Waals surface area contributed by atoms with Crippen LogP contribution >= 0.6 is 15.9 Å². The molecule has 0 spiro atoms. The van der Waals surface area contributed by atoms with E-state index in [4.69, 9.17) is 0 Å². The number of nitro groups is 1. The quantitative estimate of drug-likeness (QED) is 0.294. The summed E-state index contributed by atoms with van der Waals surface area (Å²) in [5.74, 6) is 0. The van der Waals surface area contributed by atoms with E-state index in [2.05, 4.69) is 15.9 Å². The molecule has 0 aromatic carbocycles. The second-order valence-electron chi connectivity index (χ2n) is 2.17. The van der Waals surface area contributed by atoms with E-state index in [9.17, 15) is 14.5 Å². The molecule has 0 radical (unpaired) electrons. The van der Waals surface area contributed by atoms with E-state index in [-0.39, 0.29) is 0 Å². The average molecular weight is 222 g/mol. The number of rotatable bonds is 1. The number of allylic oxidation sites excluding steroid dienone is 2. The van der Waals surface area contributed by atoms with Crippen LogP contribution in [0.3, 0.4) is 0 Å². The highest BCUT2D eigenvalue weighted by Gasteiger charge is 2.25. The zero-order valence-corrected chi connectivity index (χ0v) is 6.99. The zero-order chi connectivity index (χ0) is 8.48. The van der Waals surface area contributed by atoms with Gasteiger partial charge in [-0.25, -0.2) is 4.39 Å². The first-order valence-corrected chi connectivity index (χ1v) is 3.70. The molecule has 0 saturated heterocycles. The van der Waals surface area contributed by atoms with Gasteiger partial charge in [-0.2, -0.15) is 0 Å². The van der Waals surface area contributed by atoms with Crippen molar-refractivity contribution in [2.75, 3.05) is 0 Å². The summed E-state index contributed by atoms with van der Waals surface area (Å²) in [6.07, 6.45) is 4.63. The SMILES string of the molecule is O=[N+]([O-])C1C=CC(F)(Br)C=C1. The average Bonchev–Trinajstić information content (AvgIpc) is 1.86. The number of halogens is 2. The van der Waals surface area contributed by atoms with Crippen LogP contribution in [0.15, 0.2) is 24.3 Å². The molecule has 60 valence electrons. The van der Waals surface area contributed by atoms with Crippen molar-refractivity contribution in [3.63, 3.8) is 0 Å². The third-order valence-corrected chi connectivity index (χ3v) is 1.80. The maximum atomic E-state index is 12.8. The van der Waals surface area contributed by atoms with Crippen molar-refractivity contribution in [1.82, 2.24) is 0 Å². The summed E-state index contributed by atoms with van der Waals surface area (Å²) < 4.78 is 11.1. The van der Waals surface area contributed by atoms with E-state index < -0.39 is 15.5 Å². The highest BCUT2D eigenvalue weighted by molar-refractivity contribution is 9.10. The fraction of sp³-hybridized carbons (Fsp3) is 0.333. The Labute approximate surface area is 70.9 Å². The molecule has 0 heterocycles. The Kier molecular flexibility index (Phi) is 2.08. The first-order valence-electron chi connectivity index (χ1n) is 2.91. The highest BCUT2D eigenvalue weighted by Crippen LogP contribution is 2.27. The second kappa shape index (κ2) is 2.73. The third kappa shape index (κ3) is 2.11. The molecule has 0 bridgehead atoms. The Morgan fingerprint density at radius 1 is 1.55 bits per heavy atom. The summed E-state index contributed by atoms with van der Waals surface area (Å²) in [4.78, 5) is 9.64. The summed E-state index contributed by atoms with van der Waals surface area (Å²) in [6.45, 7) is 0. The summed E-state index contributed by atoms with van der Waals surface area (Å²) in [7, 11) is 0. The van der Waals surface area contributed by atoms with Crippen molar-refractivity contribution in [3.05, 3.63) is 34.4 Å². The molecular weight excluding hydrogens is 217 g/mol. The lowest BCUT2D eigenvalue weighted by Gasteiger charge is -2.12. The van der Waals surface area contributed by atoms with Gasteiger partial charge in [0.05, 0.1) is 0 Å². The van der Waals surface area contributed by atoms with E-state index in [0.29, 0.717) is 0 Å². The molecule has 0 aromatic rings. The Bertz CT molecular complexity index is 221. The number of nitrogens with zero attached hydrogens (tertiary/aromatic N) is 1. The third-order valence-electron chi connectivity index (χ3n) is 1.27. The largest absolute Gasteiger partial charge is 0.264 e. The van der Waals surface area contributed by atoms with Crippen molar-refractivity contribution in [2.45, 2.75) is 10.6 Å². The van der Waals surface area contributed by atoms with Gasteiger partial charge in [0.2, 0.25) is 10.6 Å². The topological polar surface area (TPSA) is 43.1 Å². The standard InChI is InChI=1S/C6H5BrFNO2/c7-6(8)3-1-5(2-4-6)9(10)11/h1-5H. The zero-order valence-electron chi connectivity index (χ0n) is 5.41. The Morgan fingerprint density at radius 3 is 2.36 bits per heavy atom. The molecule has 5 heteroatoms. The van der Waals surface area contributed by atoms with Crippen LogP contribution in [0.2, 0.25) is 0 Å². The predicted octanol–water partition coefficient (Wildman–Crippen LogP) is 1.82. The fourth-order valence-electron chi connectivity index (χ4n) is 0.714. The van der Waals surface area contributed by atoms with Gasteiger partial charge in [-0.15, -0.1) is 0 Å². The van der Waals surface area contributed by atoms with Gasteiger partial charge < -0.3 is 0 Å². The molecule has 3 nitrogen and oxygen atoms in total. The van der Waals surface area contributed by atoms with E-state index in [0.717, 1.165) is 12.2 Å². The number of hydrogen-bond donors (Lipinski definition) is 0. The molecule has 0 saturated carbocycles. The molecule has 0 fully saturated rings. The van der Waals surface area contributed by atoms with Gasteiger partial charge >= 0.3 is 0 Å². The van der Waals surface area contributed by atoms with Crippen LogP contribution in [-0.2, 0) is 0 Å². The van der Waals surface area contributed by atoms with Crippen LogP contribution in [-0.4, -0.2) is 15.5 Å². The second-order valence-corrected chi connectivity index (χ2v) is 3.38. The van der Waals surface area contributed by atoms with Gasteiger partial charge in [0.15, 0.2) is 0 Å². The Morgan fingerprint density at radius 2 is 2.00 bits per heavy atom. The summed E-state index contributed by atoms with van der Waals surface area (Å²) >= 11 is 2.71. The summed E-state index contributed by atoms with van der Waals surface area (Å²) in [5.41, 5.74) is 0. The molecular formula is C6H5BrFNO2. The minimum Gasteiger partial charge on any atom is -0.264 e. The van der Waals surface area contributed by atoms with E-state index in [1.165, 1.54) is 12.2 Å². The fourth-order valence-corrected chi connectivity index (χ4v) is 1.02. The van der Waals surface area contributed by atoms with Crippen molar-refractivity contribution in [3.8, 4) is 0 Å². The van der Waals surface area contributed by atoms with Gasteiger partial charge in [0, 0.05) is 4.92 Å². The van der Waals surface area contributed by atoms with Crippen molar-refractivity contribution in [2.24, 2.45) is 0 Å². The van der Waals surface area contributed by atoms with Crippen LogP contribution in [0.5, 0.6) is 0 Å². The lowest BCUT2D eigenvalue weighted by atomic mass is 10.1. The van der Waals surface area contributed by atoms with Crippen LogP contribution < -0.4 is 0 Å². The molecule has 0 aromatic heterocycles. The van der Waals surface area contributed by atoms with E-state index in [1.54, 1.807) is 0 Å². The van der Waals surface area contributed by atoms with E-state index >= 15 is 0 Å². The Hall–Kier alpha value is -0.710. The monoisotopic (exact) mass is 221 g/mol. The molecule has 11 heavy (non-hydrogen) atoms. The van der Waals surface area contributed by atoms with E-state index in [1.807, 2.05) is 0 Å². The lowest BCUT2D eigenvalue weighted by Crippen LogP contribution is -2.20. The number of alkyl halides is 2. The number of hydrogen-bond acceptors (Lipinski definition) is 2. The molecule has 0 unspecified atom stereocenters. The van der Waals surface area contributed by atoms with Gasteiger partial charge in [-0.1, -0.05) is 0 Å². The lowest BCUT2D eigenvalue weighted by molar-refractivity contribution is -0.496. The van der Waals surface area contributed by atoms with Crippen molar-refractivity contribution in [1.29, 1.82) is 0 Å². The van der Waals surface area contributed by atoms with Crippen molar-refractivity contribution >= 4 is 15.9 Å². The highest BCUT2D eigenvalue weighted by atomic mass is 79.9. The van der Waals surface area contributed by atoms with Crippen LogP contribution in [0.1, 0.15) is 0 Å². The van der Waals surface area contributed by atoms with Gasteiger partial charge in [-0.05, 0) is 40.2 Å². The van der Waals surface area contributed by atoms with Gasteiger partial charge in [-0.3, -0.25) is 10.1 Å². The summed E-state index contributed by atoms with van der Waals surface area (Å²) in [6, 6.07) is -0.892. The smallest absolute Gasteiger partial charge is 0.249 e. The Balaban J connectivity index is 2.72. The molecule has 1 aliphatic rings. The molecule has 0 N–H and O–H groups in total. The molecule has 1 aliphatic carbocycles. The van der Waals surface area contributed by atoms with Crippen LogP contribution in [0, 0.1) is 10.1 Å².